The third kappa shape index (κ3) is 5.64. The zero-order valence-electron chi connectivity index (χ0n) is 17.7. The summed E-state index contributed by atoms with van der Waals surface area (Å²) < 4.78 is 5.54. The van der Waals surface area contributed by atoms with Crippen LogP contribution >= 0.6 is 0 Å². The molecule has 8 nitrogen and oxygen atoms in total. The first-order chi connectivity index (χ1) is 14.5. The summed E-state index contributed by atoms with van der Waals surface area (Å²) in [5, 5.41) is 9.45. The molecule has 7 N–H and O–H groups in total. The molecule has 1 heterocycles. The molecule has 1 aliphatic heterocycles. The highest BCUT2D eigenvalue weighted by Gasteiger charge is 2.41. The molecule has 0 radical (unpaired) electrons. The van der Waals surface area contributed by atoms with Crippen LogP contribution in [0.2, 0.25) is 0 Å². The lowest BCUT2D eigenvalue weighted by molar-refractivity contribution is -0.122. The maximum Gasteiger partial charge on any atom is 0.338 e. The predicted molar refractivity (Wildman–Crippen MR) is 118 cm³/mol. The molecule has 8 heteroatoms. The number of nitrogens with two attached hydrogens (primary N) is 2. The van der Waals surface area contributed by atoms with E-state index in [9.17, 15) is 9.59 Å². The maximum atomic E-state index is 12.5. The number of primary amides is 1. The van der Waals surface area contributed by atoms with Gasteiger partial charge in [0, 0.05) is 0 Å². The fourth-order valence-electron chi connectivity index (χ4n) is 4.15. The molecule has 3 rings (SSSR count). The Kier molecular flexibility index (Phi) is 7.93. The molecule has 1 fully saturated rings. The number of amides is 1. The highest BCUT2D eigenvalue weighted by atomic mass is 16.5. The third-order valence-corrected chi connectivity index (χ3v) is 5.97. The van der Waals surface area contributed by atoms with Gasteiger partial charge >= 0.3 is 5.97 Å². The van der Waals surface area contributed by atoms with Gasteiger partial charge in [-0.3, -0.25) is 10.1 Å². The van der Waals surface area contributed by atoms with E-state index in [-0.39, 0.29) is 5.97 Å². The molecule has 1 aliphatic carbocycles. The van der Waals surface area contributed by atoms with E-state index in [0.29, 0.717) is 42.6 Å². The standard InChI is InChI=1S/C22H35N5O3/c23-12-6-1-2-7-13-25-22(21(24)29)26-18-11-10-17(14-19(18)27-22)20(28)30-15-16-8-4-3-5-9-16/h10-11,14,16,25-27H,1-9,12-13,15,23H2,(H2,24,29). The van der Waals surface area contributed by atoms with Crippen LogP contribution in [0, 0.1) is 5.92 Å². The maximum absolute atomic E-state index is 12.5. The van der Waals surface area contributed by atoms with E-state index in [1.54, 1.807) is 18.2 Å². The minimum Gasteiger partial charge on any atom is -0.462 e. The van der Waals surface area contributed by atoms with Crippen LogP contribution in [0.1, 0.15) is 68.1 Å². The lowest BCUT2D eigenvalue weighted by atomic mass is 9.90. The zero-order chi connectivity index (χ0) is 21.4. The highest BCUT2D eigenvalue weighted by molar-refractivity contribution is 5.98. The molecule has 1 aromatic rings. The molecule has 0 bridgehead atoms. The molecular weight excluding hydrogens is 382 g/mol. The average Bonchev–Trinajstić information content (AvgIpc) is 3.14. The number of benzene rings is 1. The average molecular weight is 418 g/mol. The van der Waals surface area contributed by atoms with Crippen LogP contribution in [0.25, 0.3) is 0 Å². The molecule has 2 aliphatic rings. The normalized spacial score (nSPS) is 20.8. The second-order valence-corrected chi connectivity index (χ2v) is 8.36. The van der Waals surface area contributed by atoms with Crippen molar-refractivity contribution in [2.75, 3.05) is 30.3 Å². The Bertz CT molecular complexity index is 735. The number of anilines is 2. The van der Waals surface area contributed by atoms with Gasteiger partial charge in [0.2, 0.25) is 5.79 Å². The van der Waals surface area contributed by atoms with Crippen LogP contribution < -0.4 is 27.4 Å². The van der Waals surface area contributed by atoms with Crippen molar-refractivity contribution in [1.29, 1.82) is 0 Å². The topological polar surface area (TPSA) is 131 Å². The number of ether oxygens (including phenoxy) is 1. The molecule has 1 atom stereocenters. The Morgan fingerprint density at radius 3 is 2.53 bits per heavy atom. The van der Waals surface area contributed by atoms with Crippen molar-refractivity contribution in [3.63, 3.8) is 0 Å². The first-order valence-electron chi connectivity index (χ1n) is 11.2. The molecule has 0 spiro atoms. The summed E-state index contributed by atoms with van der Waals surface area (Å²) in [6.45, 7) is 1.79. The number of hydrogen-bond donors (Lipinski definition) is 5. The summed E-state index contributed by atoms with van der Waals surface area (Å²) in [5.41, 5.74) is 13.0. The van der Waals surface area contributed by atoms with E-state index in [2.05, 4.69) is 16.0 Å². The van der Waals surface area contributed by atoms with E-state index >= 15 is 0 Å². The largest absolute Gasteiger partial charge is 0.462 e. The van der Waals surface area contributed by atoms with Gasteiger partial charge in [0.1, 0.15) is 0 Å². The van der Waals surface area contributed by atoms with Gasteiger partial charge in [-0.2, -0.15) is 0 Å². The Morgan fingerprint density at radius 1 is 1.07 bits per heavy atom. The number of esters is 1. The van der Waals surface area contributed by atoms with Gasteiger partial charge in [-0.25, -0.2) is 4.79 Å². The number of rotatable bonds is 11. The minimum atomic E-state index is -1.26. The van der Waals surface area contributed by atoms with E-state index in [1.807, 2.05) is 0 Å². The Balaban J connectivity index is 1.56. The van der Waals surface area contributed by atoms with Crippen LogP contribution in [-0.2, 0) is 9.53 Å². The van der Waals surface area contributed by atoms with Crippen LogP contribution in [-0.4, -0.2) is 37.4 Å². The molecule has 1 unspecified atom stereocenters. The number of nitrogens with one attached hydrogen (secondary N) is 3. The van der Waals surface area contributed by atoms with Crippen molar-refractivity contribution in [3.05, 3.63) is 23.8 Å². The monoisotopic (exact) mass is 417 g/mol. The van der Waals surface area contributed by atoms with Gasteiger partial charge in [0.15, 0.2) is 0 Å². The molecule has 166 valence electrons. The molecule has 1 amide bonds. The van der Waals surface area contributed by atoms with Crippen molar-refractivity contribution in [1.82, 2.24) is 5.32 Å². The number of carbonyl (C=O) groups is 2. The third-order valence-electron chi connectivity index (χ3n) is 5.97. The number of carbonyl (C=O) groups excluding carboxylic acids is 2. The van der Waals surface area contributed by atoms with Crippen molar-refractivity contribution in [3.8, 4) is 0 Å². The second-order valence-electron chi connectivity index (χ2n) is 8.36. The summed E-state index contributed by atoms with van der Waals surface area (Å²) in [6.07, 6.45) is 9.97. The summed E-state index contributed by atoms with van der Waals surface area (Å²) in [6, 6.07) is 5.19. The van der Waals surface area contributed by atoms with Gasteiger partial charge in [0.25, 0.3) is 5.91 Å². The van der Waals surface area contributed by atoms with E-state index in [4.69, 9.17) is 16.2 Å². The van der Waals surface area contributed by atoms with Crippen LogP contribution in [0.15, 0.2) is 18.2 Å². The van der Waals surface area contributed by atoms with Crippen molar-refractivity contribution >= 4 is 23.3 Å². The van der Waals surface area contributed by atoms with Crippen LogP contribution in [0.3, 0.4) is 0 Å². The van der Waals surface area contributed by atoms with Gasteiger partial charge in [-0.15, -0.1) is 0 Å². The smallest absolute Gasteiger partial charge is 0.338 e. The van der Waals surface area contributed by atoms with E-state index in [0.717, 1.165) is 38.5 Å². The fourth-order valence-corrected chi connectivity index (χ4v) is 4.15. The number of unbranched alkanes of at least 4 members (excludes halogenated alkanes) is 3. The quantitative estimate of drug-likeness (QED) is 0.276. The van der Waals surface area contributed by atoms with E-state index < -0.39 is 11.7 Å². The molecular formula is C22H35N5O3. The molecule has 0 saturated heterocycles. The van der Waals surface area contributed by atoms with Crippen molar-refractivity contribution in [2.45, 2.75) is 63.6 Å². The highest BCUT2D eigenvalue weighted by Crippen LogP contribution is 2.34. The number of fused-ring (bicyclic) bond motifs is 1. The molecule has 0 aromatic heterocycles. The van der Waals surface area contributed by atoms with Crippen LogP contribution in [0.5, 0.6) is 0 Å². The zero-order valence-corrected chi connectivity index (χ0v) is 17.7. The summed E-state index contributed by atoms with van der Waals surface area (Å²) >= 11 is 0. The minimum absolute atomic E-state index is 0.338. The van der Waals surface area contributed by atoms with Crippen molar-refractivity contribution in [2.24, 2.45) is 17.4 Å². The Hall–Kier alpha value is -2.32. The summed E-state index contributed by atoms with van der Waals surface area (Å²) in [7, 11) is 0. The van der Waals surface area contributed by atoms with Crippen LogP contribution in [0.4, 0.5) is 11.4 Å². The lowest BCUT2D eigenvalue weighted by Crippen LogP contribution is -2.64. The molecule has 1 saturated carbocycles. The first kappa shape index (κ1) is 22.4. The lowest BCUT2D eigenvalue weighted by Gasteiger charge is -2.28. The Morgan fingerprint density at radius 2 is 1.80 bits per heavy atom. The number of hydrogen-bond acceptors (Lipinski definition) is 7. The second kappa shape index (κ2) is 10.6. The molecule has 1 aromatic carbocycles. The van der Waals surface area contributed by atoms with E-state index in [1.165, 1.54) is 19.3 Å². The molecule has 30 heavy (non-hydrogen) atoms. The van der Waals surface area contributed by atoms with Gasteiger partial charge < -0.3 is 26.8 Å². The summed E-state index contributed by atoms with van der Waals surface area (Å²) in [4.78, 5) is 24.7. The predicted octanol–water partition coefficient (Wildman–Crippen LogP) is 2.51. The fraction of sp³-hybridized carbons (Fsp3) is 0.636. The van der Waals surface area contributed by atoms with Gasteiger partial charge in [-0.05, 0) is 62.9 Å². The van der Waals surface area contributed by atoms with Gasteiger partial charge in [-0.1, -0.05) is 32.1 Å². The van der Waals surface area contributed by atoms with Gasteiger partial charge in [0.05, 0.1) is 23.5 Å². The Labute approximate surface area is 178 Å². The first-order valence-corrected chi connectivity index (χ1v) is 11.2. The summed E-state index contributed by atoms with van der Waals surface area (Å²) in [5.74, 6) is -1.69. The SMILES string of the molecule is NCCCCCCNC1(C(N)=O)Nc2ccc(C(=O)OCC3CCCCC3)cc2N1. The van der Waals surface area contributed by atoms with Crippen molar-refractivity contribution < 1.29 is 14.3 Å².